The van der Waals surface area contributed by atoms with Crippen LogP contribution in [0.3, 0.4) is 0 Å². The lowest BCUT2D eigenvalue weighted by Crippen LogP contribution is -2.42. The van der Waals surface area contributed by atoms with Crippen LogP contribution < -0.4 is 4.74 Å². The number of halogens is 3. The Bertz CT molecular complexity index is 754. The number of aromatic nitrogens is 2. The number of rotatable bonds is 7. The predicted molar refractivity (Wildman–Crippen MR) is 96.2 cm³/mol. The monoisotopic (exact) mass is 380 g/mol. The third-order valence-corrected chi connectivity index (χ3v) is 4.32. The molecule has 1 aromatic carbocycles. The average Bonchev–Trinajstić information content (AvgIpc) is 2.62. The molecule has 0 N–H and O–H groups in total. The molecule has 2 rings (SSSR count). The zero-order valence-corrected chi connectivity index (χ0v) is 15.6. The molecule has 0 unspecified atom stereocenters. The first-order chi connectivity index (χ1) is 12.6. The van der Waals surface area contributed by atoms with E-state index in [1.165, 1.54) is 12.1 Å². The molecule has 2 aromatic rings. The number of ether oxygens (including phenoxy) is 1. The Labute approximate surface area is 156 Å². The molecule has 0 spiro atoms. The zero-order chi connectivity index (χ0) is 20.1. The van der Waals surface area contributed by atoms with Crippen LogP contribution in [0.4, 0.5) is 13.2 Å². The van der Waals surface area contributed by atoms with E-state index in [9.17, 15) is 18.0 Å². The van der Waals surface area contributed by atoms with Crippen LogP contribution in [0, 0.1) is 5.41 Å². The molecule has 146 valence electrons. The molecular formula is C20H23F3N2O2. The highest BCUT2D eigenvalue weighted by molar-refractivity contribution is 5.79. The molecule has 0 aliphatic carbocycles. The summed E-state index contributed by atoms with van der Waals surface area (Å²) < 4.78 is 43.5. The highest BCUT2D eigenvalue weighted by atomic mass is 19.4. The van der Waals surface area contributed by atoms with Crippen LogP contribution in [0.2, 0.25) is 0 Å². The van der Waals surface area contributed by atoms with Crippen LogP contribution in [0.15, 0.2) is 36.7 Å². The third kappa shape index (κ3) is 5.28. The number of aryl methyl sites for hydroxylation is 1. The lowest BCUT2D eigenvalue weighted by Gasteiger charge is -2.25. The minimum atomic E-state index is -4.68. The first-order valence-electron chi connectivity index (χ1n) is 8.85. The lowest BCUT2D eigenvalue weighted by atomic mass is 9.93. The molecule has 0 saturated heterocycles. The van der Waals surface area contributed by atoms with E-state index in [4.69, 9.17) is 4.74 Å². The number of nitrogens with zero attached hydrogens (tertiary/aromatic N) is 2. The van der Waals surface area contributed by atoms with Gasteiger partial charge in [-0.2, -0.15) is 13.2 Å². The van der Waals surface area contributed by atoms with E-state index in [2.05, 4.69) is 16.9 Å². The van der Waals surface area contributed by atoms with Crippen molar-refractivity contribution in [3.63, 3.8) is 0 Å². The van der Waals surface area contributed by atoms with Gasteiger partial charge in [-0.25, -0.2) is 9.97 Å². The molecule has 0 aliphatic heterocycles. The SMILES string of the molecule is CCCCCc1cnc(-c2ccc(OC(=O)C(C)(C)C(F)(F)F)cc2)nc1. The Hall–Kier alpha value is -2.44. The van der Waals surface area contributed by atoms with Crippen LogP contribution in [-0.4, -0.2) is 22.1 Å². The van der Waals surface area contributed by atoms with Crippen LogP contribution in [0.5, 0.6) is 5.75 Å². The number of carbonyl (C=O) groups is 1. The van der Waals surface area contributed by atoms with Gasteiger partial charge in [-0.15, -0.1) is 0 Å². The Kier molecular flexibility index (Phi) is 6.57. The molecule has 0 saturated carbocycles. The molecule has 4 nitrogen and oxygen atoms in total. The van der Waals surface area contributed by atoms with Crippen LogP contribution in [0.1, 0.15) is 45.6 Å². The van der Waals surface area contributed by atoms with Crippen LogP contribution >= 0.6 is 0 Å². The van der Waals surface area contributed by atoms with Crippen molar-refractivity contribution >= 4 is 5.97 Å². The van der Waals surface area contributed by atoms with E-state index in [0.29, 0.717) is 11.4 Å². The van der Waals surface area contributed by atoms with Crippen molar-refractivity contribution in [2.45, 2.75) is 52.6 Å². The van der Waals surface area contributed by atoms with Gasteiger partial charge in [0.05, 0.1) is 0 Å². The number of carbonyl (C=O) groups excluding carboxylic acids is 1. The second kappa shape index (κ2) is 8.50. The normalized spacial score (nSPS) is 12.1. The Morgan fingerprint density at radius 1 is 1.04 bits per heavy atom. The standard InChI is InChI=1S/C20H23F3N2O2/c1-4-5-6-7-14-12-24-17(25-13-14)15-8-10-16(11-9-15)27-18(26)19(2,3)20(21,22)23/h8-13H,4-7H2,1-3H3. The number of esters is 1. The summed E-state index contributed by atoms with van der Waals surface area (Å²) in [5.41, 5.74) is -0.834. The topological polar surface area (TPSA) is 52.1 Å². The number of unbranched alkanes of at least 4 members (excludes halogenated alkanes) is 2. The maximum Gasteiger partial charge on any atom is 0.404 e. The van der Waals surface area contributed by atoms with E-state index in [-0.39, 0.29) is 5.75 Å². The van der Waals surface area contributed by atoms with Gasteiger partial charge < -0.3 is 4.74 Å². The summed E-state index contributed by atoms with van der Waals surface area (Å²) in [5, 5.41) is 0. The van der Waals surface area contributed by atoms with Gasteiger partial charge in [0.1, 0.15) is 5.75 Å². The van der Waals surface area contributed by atoms with Gasteiger partial charge in [-0.1, -0.05) is 19.8 Å². The molecule has 27 heavy (non-hydrogen) atoms. The first kappa shape index (κ1) is 20.9. The molecule has 0 amide bonds. The second-order valence-electron chi connectivity index (χ2n) is 6.91. The van der Waals surface area contributed by atoms with Crippen molar-refractivity contribution in [3.05, 3.63) is 42.2 Å². The van der Waals surface area contributed by atoms with E-state index in [1.54, 1.807) is 24.5 Å². The van der Waals surface area contributed by atoms with Crippen molar-refractivity contribution in [2.24, 2.45) is 5.41 Å². The summed E-state index contributed by atoms with van der Waals surface area (Å²) in [5.74, 6) is -0.810. The van der Waals surface area contributed by atoms with Gasteiger partial charge in [0, 0.05) is 18.0 Å². The first-order valence-corrected chi connectivity index (χ1v) is 8.85. The van der Waals surface area contributed by atoms with Crippen LogP contribution in [0.25, 0.3) is 11.4 Å². The Morgan fingerprint density at radius 3 is 2.15 bits per heavy atom. The lowest BCUT2D eigenvalue weighted by molar-refractivity contribution is -0.219. The summed E-state index contributed by atoms with van der Waals surface area (Å²) in [7, 11) is 0. The van der Waals surface area contributed by atoms with Crippen molar-refractivity contribution in [3.8, 4) is 17.1 Å². The molecular weight excluding hydrogens is 357 g/mol. The van der Waals surface area contributed by atoms with Gasteiger partial charge in [0.15, 0.2) is 11.2 Å². The van der Waals surface area contributed by atoms with Gasteiger partial charge in [-0.3, -0.25) is 4.79 Å². The summed E-state index contributed by atoms with van der Waals surface area (Å²) in [6, 6.07) is 6.07. The van der Waals surface area contributed by atoms with Gasteiger partial charge in [0.25, 0.3) is 0 Å². The van der Waals surface area contributed by atoms with Gasteiger partial charge in [-0.05, 0) is 56.5 Å². The summed E-state index contributed by atoms with van der Waals surface area (Å²) in [6.45, 7) is 3.73. The minimum absolute atomic E-state index is 0.0391. The quantitative estimate of drug-likeness (QED) is 0.368. The highest BCUT2D eigenvalue weighted by Gasteiger charge is 2.54. The van der Waals surface area contributed by atoms with E-state index in [1.807, 2.05) is 0 Å². The minimum Gasteiger partial charge on any atom is -0.426 e. The Balaban J connectivity index is 2.04. The van der Waals surface area contributed by atoms with Crippen molar-refractivity contribution < 1.29 is 22.7 Å². The molecule has 0 fully saturated rings. The van der Waals surface area contributed by atoms with E-state index in [0.717, 1.165) is 45.1 Å². The van der Waals surface area contributed by atoms with Crippen LogP contribution in [-0.2, 0) is 11.2 Å². The summed E-state index contributed by atoms with van der Waals surface area (Å²) in [4.78, 5) is 20.5. The maximum atomic E-state index is 12.9. The number of alkyl halides is 3. The summed E-state index contributed by atoms with van der Waals surface area (Å²) >= 11 is 0. The largest absolute Gasteiger partial charge is 0.426 e. The molecule has 0 atom stereocenters. The summed E-state index contributed by atoms with van der Waals surface area (Å²) in [6.07, 6.45) is 3.20. The second-order valence-corrected chi connectivity index (χ2v) is 6.91. The van der Waals surface area contributed by atoms with Gasteiger partial charge in [0.2, 0.25) is 0 Å². The predicted octanol–water partition coefficient (Wildman–Crippen LogP) is 5.37. The van der Waals surface area contributed by atoms with Crippen molar-refractivity contribution in [2.75, 3.05) is 0 Å². The maximum absolute atomic E-state index is 12.9. The van der Waals surface area contributed by atoms with Crippen molar-refractivity contribution in [1.82, 2.24) is 9.97 Å². The number of benzene rings is 1. The molecule has 1 aromatic heterocycles. The zero-order valence-electron chi connectivity index (χ0n) is 15.6. The third-order valence-electron chi connectivity index (χ3n) is 4.32. The molecule has 0 radical (unpaired) electrons. The highest BCUT2D eigenvalue weighted by Crippen LogP contribution is 2.38. The van der Waals surface area contributed by atoms with Gasteiger partial charge >= 0.3 is 12.1 Å². The average molecular weight is 380 g/mol. The molecule has 1 heterocycles. The molecule has 0 bridgehead atoms. The smallest absolute Gasteiger partial charge is 0.404 e. The fraction of sp³-hybridized carbons (Fsp3) is 0.450. The fourth-order valence-electron chi connectivity index (χ4n) is 2.23. The fourth-order valence-corrected chi connectivity index (χ4v) is 2.23. The molecule has 0 aliphatic rings. The molecule has 7 heteroatoms. The Morgan fingerprint density at radius 2 is 1.63 bits per heavy atom. The number of hydrogen-bond donors (Lipinski definition) is 0. The van der Waals surface area contributed by atoms with E-state index < -0.39 is 17.6 Å². The van der Waals surface area contributed by atoms with E-state index >= 15 is 0 Å². The van der Waals surface area contributed by atoms with Crippen molar-refractivity contribution in [1.29, 1.82) is 0 Å². The number of hydrogen-bond acceptors (Lipinski definition) is 4.